The Kier molecular flexibility index (Phi) is 10.5. The van der Waals surface area contributed by atoms with E-state index in [9.17, 15) is 0 Å². The van der Waals surface area contributed by atoms with Crippen LogP contribution < -0.4 is 9.80 Å². The number of para-hydroxylation sites is 7. The molecule has 350 valence electrons. The second-order valence-electron chi connectivity index (χ2n) is 18.9. The van der Waals surface area contributed by atoms with Gasteiger partial charge in [0.1, 0.15) is 0 Å². The van der Waals surface area contributed by atoms with Crippen molar-refractivity contribution in [2.45, 2.75) is 12.8 Å². The van der Waals surface area contributed by atoms with Crippen molar-refractivity contribution in [2.24, 2.45) is 0 Å². The maximum absolute atomic E-state index is 5.32. The first-order valence-corrected chi connectivity index (χ1v) is 25.4. The molecule has 0 fully saturated rings. The Balaban J connectivity index is 0.810. The number of hydrogen-bond donors (Lipinski definition) is 0. The lowest BCUT2D eigenvalue weighted by atomic mass is 10.0. The number of fused-ring (bicyclic) bond motifs is 7. The number of aryl methyl sites for hydroxylation is 1. The summed E-state index contributed by atoms with van der Waals surface area (Å²) in [4.78, 5) is 15.3. The second kappa shape index (κ2) is 18.1. The predicted molar refractivity (Wildman–Crippen MR) is 308 cm³/mol. The summed E-state index contributed by atoms with van der Waals surface area (Å²) in [5, 5.41) is 3.83. The smallest absolute Gasteiger partial charge is 0.0973 e. The highest BCUT2D eigenvalue weighted by Crippen LogP contribution is 2.42. The standard InChI is InChI=1S/C68H48N6/c1-3-17-49(18-4-1)71(53-39-43-55(44-40-53)73-63-27-13-7-21-57(63)58-22-8-14-28-64(58)73)51-35-31-47(32-36-51)67-68(70-62-26-12-11-25-61(62)69-67)48-33-37-52(38-34-48)72(50-19-5-2-6-20-50)54-41-45-56(46-42-54)74-65-29-15-9-23-59(65)60-24-10-16-30-66(60)74/h1-9,11-23,25-46H,10,24H2. The van der Waals surface area contributed by atoms with Gasteiger partial charge in [0.15, 0.2) is 0 Å². The topological polar surface area (TPSA) is 42.1 Å². The van der Waals surface area contributed by atoms with Crippen molar-refractivity contribution < 1.29 is 0 Å². The minimum Gasteiger partial charge on any atom is -0.311 e. The minimum absolute atomic E-state index is 0.829. The van der Waals surface area contributed by atoms with Crippen LogP contribution in [0.3, 0.4) is 0 Å². The molecule has 0 unspecified atom stereocenters. The lowest BCUT2D eigenvalue weighted by Crippen LogP contribution is -2.10. The van der Waals surface area contributed by atoms with Crippen LogP contribution >= 0.6 is 0 Å². The second-order valence-corrected chi connectivity index (χ2v) is 18.9. The average molecular weight is 949 g/mol. The number of rotatable bonds is 10. The molecular formula is C68H48N6. The lowest BCUT2D eigenvalue weighted by Gasteiger charge is -2.26. The summed E-state index contributed by atoms with van der Waals surface area (Å²) in [7, 11) is 0. The fourth-order valence-corrected chi connectivity index (χ4v) is 11.2. The number of nitrogens with zero attached hydrogens (tertiary/aromatic N) is 6. The lowest BCUT2D eigenvalue weighted by molar-refractivity contribution is 0.967. The van der Waals surface area contributed by atoms with Crippen LogP contribution in [-0.4, -0.2) is 19.1 Å². The zero-order valence-corrected chi connectivity index (χ0v) is 40.5. The molecule has 6 nitrogen and oxygen atoms in total. The van der Waals surface area contributed by atoms with Crippen molar-refractivity contribution in [1.82, 2.24) is 19.1 Å². The molecule has 0 bridgehead atoms. The highest BCUT2D eigenvalue weighted by atomic mass is 15.1. The Morgan fingerprint density at radius 3 is 1.16 bits per heavy atom. The molecule has 0 N–H and O–H groups in total. The Morgan fingerprint density at radius 2 is 0.689 bits per heavy atom. The quantitative estimate of drug-likeness (QED) is 0.137. The van der Waals surface area contributed by atoms with Gasteiger partial charge in [0.2, 0.25) is 0 Å². The minimum atomic E-state index is 0.829. The molecule has 1 aliphatic rings. The van der Waals surface area contributed by atoms with Crippen molar-refractivity contribution in [3.05, 3.63) is 272 Å². The maximum Gasteiger partial charge on any atom is 0.0973 e. The Bertz CT molecular complexity index is 4160. The van der Waals surface area contributed by atoms with E-state index in [1.54, 1.807) is 0 Å². The van der Waals surface area contributed by atoms with Gasteiger partial charge in [-0.3, -0.25) is 0 Å². The number of aromatic nitrogens is 4. The fourth-order valence-electron chi connectivity index (χ4n) is 11.2. The summed E-state index contributed by atoms with van der Waals surface area (Å²) in [5.41, 5.74) is 20.3. The van der Waals surface area contributed by atoms with Crippen molar-refractivity contribution >= 4 is 83.9 Å². The van der Waals surface area contributed by atoms with Gasteiger partial charge in [0.25, 0.3) is 0 Å². The van der Waals surface area contributed by atoms with Gasteiger partial charge in [-0.25, -0.2) is 9.97 Å². The number of hydrogen-bond acceptors (Lipinski definition) is 4. The van der Waals surface area contributed by atoms with Crippen LogP contribution in [0.2, 0.25) is 0 Å². The van der Waals surface area contributed by atoms with E-state index >= 15 is 0 Å². The van der Waals surface area contributed by atoms with E-state index in [0.29, 0.717) is 0 Å². The van der Waals surface area contributed by atoms with Gasteiger partial charge in [-0.05, 0) is 152 Å². The summed E-state index contributed by atoms with van der Waals surface area (Å²) in [5.74, 6) is 0. The van der Waals surface area contributed by atoms with E-state index < -0.39 is 0 Å². The molecular weight excluding hydrogens is 901 g/mol. The van der Waals surface area contributed by atoms with Crippen LogP contribution in [0.4, 0.5) is 34.1 Å². The van der Waals surface area contributed by atoms with Gasteiger partial charge in [-0.15, -0.1) is 0 Å². The molecule has 0 amide bonds. The summed E-state index contributed by atoms with van der Waals surface area (Å²) >= 11 is 0. The van der Waals surface area contributed by atoms with Crippen molar-refractivity contribution in [2.75, 3.05) is 9.80 Å². The highest BCUT2D eigenvalue weighted by molar-refractivity contribution is 6.09. The van der Waals surface area contributed by atoms with Crippen LogP contribution in [0, 0.1) is 0 Å². The molecule has 3 heterocycles. The SMILES string of the molecule is C1=Cc2c(c3ccccc3n2-c2ccc(N(c3ccccc3)c3ccc(-c4nc5ccccc5nc4-c4ccc(N(c5ccccc5)c5ccc(-n6c7ccccc7c7ccccc76)cc5)cc4)cc3)cc2)CC1. The summed E-state index contributed by atoms with van der Waals surface area (Å²) in [6, 6.07) is 90.8. The fraction of sp³-hybridized carbons (Fsp3) is 0.0294. The van der Waals surface area contributed by atoms with Crippen molar-refractivity contribution in [1.29, 1.82) is 0 Å². The third kappa shape index (κ3) is 7.42. The maximum atomic E-state index is 5.32. The first kappa shape index (κ1) is 43.0. The first-order valence-electron chi connectivity index (χ1n) is 25.4. The molecule has 0 saturated heterocycles. The normalized spacial score (nSPS) is 12.2. The summed E-state index contributed by atoms with van der Waals surface area (Å²) < 4.78 is 4.77. The monoisotopic (exact) mass is 948 g/mol. The van der Waals surface area contributed by atoms with E-state index in [4.69, 9.17) is 9.97 Å². The van der Waals surface area contributed by atoms with E-state index in [0.717, 1.165) is 91.9 Å². The molecule has 0 radical (unpaired) electrons. The van der Waals surface area contributed by atoms with Gasteiger partial charge < -0.3 is 18.9 Å². The predicted octanol–water partition coefficient (Wildman–Crippen LogP) is 17.9. The molecule has 10 aromatic carbocycles. The van der Waals surface area contributed by atoms with Gasteiger partial charge in [-0.1, -0.05) is 133 Å². The largest absolute Gasteiger partial charge is 0.311 e. The first-order chi connectivity index (χ1) is 36.7. The molecule has 0 atom stereocenters. The highest BCUT2D eigenvalue weighted by Gasteiger charge is 2.21. The third-order valence-corrected chi connectivity index (χ3v) is 14.6. The molecule has 14 rings (SSSR count). The summed E-state index contributed by atoms with van der Waals surface area (Å²) in [6.45, 7) is 0. The number of benzene rings is 10. The zero-order chi connectivity index (χ0) is 49.0. The Labute approximate surface area is 429 Å². The summed E-state index contributed by atoms with van der Waals surface area (Å²) in [6.07, 6.45) is 6.72. The average Bonchev–Trinajstić information content (AvgIpc) is 4.00. The molecule has 1 aliphatic carbocycles. The van der Waals surface area contributed by atoms with Crippen LogP contribution in [-0.2, 0) is 6.42 Å². The number of allylic oxidation sites excluding steroid dienone is 1. The van der Waals surface area contributed by atoms with Crippen molar-refractivity contribution in [3.8, 4) is 33.9 Å². The van der Waals surface area contributed by atoms with Crippen LogP contribution in [0.25, 0.3) is 83.7 Å². The molecule has 0 spiro atoms. The molecule has 6 heteroatoms. The van der Waals surface area contributed by atoms with Gasteiger partial charge >= 0.3 is 0 Å². The van der Waals surface area contributed by atoms with Crippen LogP contribution in [0.15, 0.2) is 261 Å². The molecule has 13 aromatic rings. The molecule has 0 aliphatic heterocycles. The van der Waals surface area contributed by atoms with Gasteiger partial charge in [0, 0.05) is 78.5 Å². The zero-order valence-electron chi connectivity index (χ0n) is 40.5. The Hall–Kier alpha value is -9.78. The van der Waals surface area contributed by atoms with E-state index in [2.05, 4.69) is 262 Å². The molecule has 3 aromatic heterocycles. The Morgan fingerprint density at radius 1 is 0.324 bits per heavy atom. The van der Waals surface area contributed by atoms with Gasteiger partial charge in [0.05, 0.1) is 39.0 Å². The van der Waals surface area contributed by atoms with Gasteiger partial charge in [-0.2, -0.15) is 0 Å². The third-order valence-electron chi connectivity index (χ3n) is 14.6. The molecule has 74 heavy (non-hydrogen) atoms. The van der Waals surface area contributed by atoms with E-state index in [1.807, 2.05) is 24.3 Å². The number of anilines is 6. The van der Waals surface area contributed by atoms with E-state index in [-0.39, 0.29) is 0 Å². The van der Waals surface area contributed by atoms with Crippen molar-refractivity contribution in [3.63, 3.8) is 0 Å². The van der Waals surface area contributed by atoms with Crippen LogP contribution in [0.5, 0.6) is 0 Å². The van der Waals surface area contributed by atoms with E-state index in [1.165, 1.54) is 44.0 Å². The van der Waals surface area contributed by atoms with Crippen LogP contribution in [0.1, 0.15) is 17.7 Å². The molecule has 0 saturated carbocycles.